The van der Waals surface area contributed by atoms with Gasteiger partial charge < -0.3 is 4.74 Å². The van der Waals surface area contributed by atoms with Crippen LogP contribution in [0.15, 0.2) is 42.7 Å². The first-order chi connectivity index (χ1) is 10.5. The van der Waals surface area contributed by atoms with E-state index in [4.69, 9.17) is 4.74 Å². The standard InChI is InChI=1S/C16H14IN3O2/c1-10(2)22-16(21)12-5-3-11(4-6-12)14-7-8-20-15(19-14)13(17)9-18-20/h3-10H,1-2H3. The molecule has 0 aliphatic carbocycles. The van der Waals surface area contributed by atoms with E-state index in [9.17, 15) is 4.79 Å². The van der Waals surface area contributed by atoms with Crippen molar-refractivity contribution < 1.29 is 9.53 Å². The second-order valence-electron chi connectivity index (χ2n) is 5.10. The van der Waals surface area contributed by atoms with E-state index < -0.39 is 0 Å². The van der Waals surface area contributed by atoms with Gasteiger partial charge in [0.1, 0.15) is 0 Å². The first-order valence-electron chi connectivity index (χ1n) is 6.86. The number of nitrogens with zero attached hydrogens (tertiary/aromatic N) is 3. The van der Waals surface area contributed by atoms with Crippen molar-refractivity contribution in [1.82, 2.24) is 14.6 Å². The third-order valence-electron chi connectivity index (χ3n) is 3.09. The maximum absolute atomic E-state index is 11.8. The third kappa shape index (κ3) is 2.96. The molecule has 0 unspecified atom stereocenters. The summed E-state index contributed by atoms with van der Waals surface area (Å²) in [7, 11) is 0. The number of aromatic nitrogens is 3. The van der Waals surface area contributed by atoms with Crippen LogP contribution in [0.3, 0.4) is 0 Å². The quantitative estimate of drug-likeness (QED) is 0.492. The summed E-state index contributed by atoms with van der Waals surface area (Å²) in [4.78, 5) is 16.4. The van der Waals surface area contributed by atoms with Crippen LogP contribution in [-0.2, 0) is 4.74 Å². The summed E-state index contributed by atoms with van der Waals surface area (Å²) >= 11 is 2.21. The number of hydrogen-bond donors (Lipinski definition) is 0. The van der Waals surface area contributed by atoms with E-state index in [0.717, 1.165) is 20.5 Å². The van der Waals surface area contributed by atoms with E-state index in [1.54, 1.807) is 22.8 Å². The molecule has 5 nitrogen and oxygen atoms in total. The number of rotatable bonds is 3. The maximum atomic E-state index is 11.8. The zero-order valence-electron chi connectivity index (χ0n) is 12.2. The molecule has 0 amide bonds. The van der Waals surface area contributed by atoms with Gasteiger partial charge >= 0.3 is 5.97 Å². The van der Waals surface area contributed by atoms with E-state index in [1.807, 2.05) is 38.2 Å². The fourth-order valence-electron chi connectivity index (χ4n) is 2.06. The van der Waals surface area contributed by atoms with Crippen molar-refractivity contribution >= 4 is 34.2 Å². The molecule has 0 fully saturated rings. The Hall–Kier alpha value is -1.96. The van der Waals surface area contributed by atoms with Gasteiger partial charge in [-0.1, -0.05) is 12.1 Å². The summed E-state index contributed by atoms with van der Waals surface area (Å²) in [5.41, 5.74) is 3.15. The van der Waals surface area contributed by atoms with Gasteiger partial charge in [-0.15, -0.1) is 0 Å². The van der Waals surface area contributed by atoms with E-state index in [0.29, 0.717) is 5.56 Å². The molecular weight excluding hydrogens is 393 g/mol. The smallest absolute Gasteiger partial charge is 0.338 e. The van der Waals surface area contributed by atoms with E-state index in [1.165, 1.54) is 0 Å². The SMILES string of the molecule is CC(C)OC(=O)c1ccc(-c2ccn3ncc(I)c3n2)cc1. The van der Waals surface area contributed by atoms with Gasteiger partial charge in [-0.3, -0.25) is 0 Å². The Morgan fingerprint density at radius 3 is 2.64 bits per heavy atom. The van der Waals surface area contributed by atoms with Gasteiger partial charge in [0.25, 0.3) is 0 Å². The van der Waals surface area contributed by atoms with Crippen LogP contribution in [0.5, 0.6) is 0 Å². The molecule has 0 radical (unpaired) electrons. The molecule has 1 aromatic carbocycles. The second-order valence-corrected chi connectivity index (χ2v) is 6.27. The molecule has 0 saturated heterocycles. The molecule has 112 valence electrons. The zero-order valence-corrected chi connectivity index (χ0v) is 14.3. The van der Waals surface area contributed by atoms with Crippen LogP contribution in [0.1, 0.15) is 24.2 Å². The molecule has 22 heavy (non-hydrogen) atoms. The van der Waals surface area contributed by atoms with E-state index in [-0.39, 0.29) is 12.1 Å². The van der Waals surface area contributed by atoms with Crippen molar-refractivity contribution in [1.29, 1.82) is 0 Å². The first kappa shape index (κ1) is 15.0. The summed E-state index contributed by atoms with van der Waals surface area (Å²) in [5.74, 6) is -0.310. The van der Waals surface area contributed by atoms with Gasteiger partial charge in [-0.05, 0) is 54.6 Å². The number of ether oxygens (including phenoxy) is 1. The van der Waals surface area contributed by atoms with Crippen LogP contribution in [0.2, 0.25) is 0 Å². The van der Waals surface area contributed by atoms with Gasteiger partial charge in [0.2, 0.25) is 0 Å². The first-order valence-corrected chi connectivity index (χ1v) is 7.94. The van der Waals surface area contributed by atoms with Crippen molar-refractivity contribution in [2.45, 2.75) is 20.0 Å². The number of carbonyl (C=O) groups is 1. The molecule has 3 rings (SSSR count). The van der Waals surface area contributed by atoms with Gasteiger partial charge in [0.15, 0.2) is 5.65 Å². The van der Waals surface area contributed by atoms with Crippen LogP contribution in [0.25, 0.3) is 16.9 Å². The predicted molar refractivity (Wildman–Crippen MR) is 91.7 cm³/mol. The zero-order chi connectivity index (χ0) is 15.7. The molecule has 6 heteroatoms. The highest BCUT2D eigenvalue weighted by Gasteiger charge is 2.10. The summed E-state index contributed by atoms with van der Waals surface area (Å²) in [5, 5.41) is 4.20. The van der Waals surface area contributed by atoms with Crippen LogP contribution >= 0.6 is 22.6 Å². The normalized spacial score (nSPS) is 11.1. The number of hydrogen-bond acceptors (Lipinski definition) is 4. The fourth-order valence-corrected chi connectivity index (χ4v) is 2.55. The van der Waals surface area contributed by atoms with E-state index >= 15 is 0 Å². The van der Waals surface area contributed by atoms with Crippen LogP contribution < -0.4 is 0 Å². The molecule has 3 aromatic rings. The van der Waals surface area contributed by atoms with E-state index in [2.05, 4.69) is 32.7 Å². The van der Waals surface area contributed by atoms with Gasteiger partial charge in [0.05, 0.1) is 27.1 Å². The lowest BCUT2D eigenvalue weighted by molar-refractivity contribution is 0.0378. The number of carbonyl (C=O) groups excluding carboxylic acids is 1. The van der Waals surface area contributed by atoms with Crippen LogP contribution in [0.4, 0.5) is 0 Å². The third-order valence-corrected chi connectivity index (χ3v) is 3.85. The van der Waals surface area contributed by atoms with Gasteiger partial charge in [-0.25, -0.2) is 14.3 Å². The van der Waals surface area contributed by atoms with Crippen molar-refractivity contribution in [2.75, 3.05) is 0 Å². The van der Waals surface area contributed by atoms with Gasteiger partial charge in [-0.2, -0.15) is 5.10 Å². The molecule has 0 spiro atoms. The molecule has 2 aromatic heterocycles. The molecule has 2 heterocycles. The fraction of sp³-hybridized carbons (Fsp3) is 0.188. The molecule has 0 N–H and O–H groups in total. The van der Waals surface area contributed by atoms with Crippen molar-refractivity contribution in [3.8, 4) is 11.3 Å². The minimum Gasteiger partial charge on any atom is -0.459 e. The van der Waals surface area contributed by atoms with Crippen LogP contribution in [0, 0.1) is 3.57 Å². The largest absolute Gasteiger partial charge is 0.459 e. The van der Waals surface area contributed by atoms with Gasteiger partial charge in [0, 0.05) is 11.8 Å². The average molecular weight is 407 g/mol. The Labute approximate surface area is 141 Å². The summed E-state index contributed by atoms with van der Waals surface area (Å²) in [6.07, 6.45) is 3.53. The monoisotopic (exact) mass is 407 g/mol. The highest BCUT2D eigenvalue weighted by atomic mass is 127. The Morgan fingerprint density at radius 2 is 1.95 bits per heavy atom. The maximum Gasteiger partial charge on any atom is 0.338 e. The lowest BCUT2D eigenvalue weighted by atomic mass is 10.1. The summed E-state index contributed by atoms with van der Waals surface area (Å²) < 4.78 is 7.91. The van der Waals surface area contributed by atoms with Crippen molar-refractivity contribution in [2.24, 2.45) is 0 Å². The highest BCUT2D eigenvalue weighted by Crippen LogP contribution is 2.20. The van der Waals surface area contributed by atoms with Crippen molar-refractivity contribution in [3.05, 3.63) is 51.9 Å². The Bertz CT molecular complexity index is 825. The topological polar surface area (TPSA) is 56.5 Å². The lowest BCUT2D eigenvalue weighted by Crippen LogP contribution is -2.11. The Morgan fingerprint density at radius 1 is 1.23 bits per heavy atom. The van der Waals surface area contributed by atoms with Crippen LogP contribution in [-0.4, -0.2) is 26.7 Å². The number of halogens is 1. The summed E-state index contributed by atoms with van der Waals surface area (Å²) in [6.45, 7) is 3.66. The molecule has 0 bridgehead atoms. The minimum atomic E-state index is -0.310. The minimum absolute atomic E-state index is 0.125. The lowest BCUT2D eigenvalue weighted by Gasteiger charge is -2.08. The average Bonchev–Trinajstić information content (AvgIpc) is 2.88. The predicted octanol–water partition coefficient (Wildman–Crippen LogP) is 3.57. The molecule has 0 aliphatic heterocycles. The Balaban J connectivity index is 1.90. The highest BCUT2D eigenvalue weighted by molar-refractivity contribution is 14.1. The molecular formula is C16H14IN3O2. The Kier molecular flexibility index (Phi) is 4.10. The number of benzene rings is 1. The summed E-state index contributed by atoms with van der Waals surface area (Å²) in [6, 6.07) is 9.16. The molecule has 0 aliphatic rings. The molecule has 0 saturated carbocycles. The van der Waals surface area contributed by atoms with Crippen molar-refractivity contribution in [3.63, 3.8) is 0 Å². The second kappa shape index (κ2) is 6.04. The number of fused-ring (bicyclic) bond motifs is 1. The number of esters is 1. The molecule has 0 atom stereocenters.